The molecule has 0 saturated carbocycles. The molecular weight excluding hydrogens is 376 g/mol. The first-order chi connectivity index (χ1) is 13.2. The number of rotatable bonds is 8. The minimum Gasteiger partial charge on any atom is -0.496 e. The van der Waals surface area contributed by atoms with Crippen LogP contribution in [0.5, 0.6) is 5.75 Å². The standard InChI is InChI=1S/C21H28N2O4S/c1-6-18(17-12-13-19(27-4)15(2)14-17)22-21(24)20(23(3)28(5,25)26)16-10-8-7-9-11-16/h7-14,18,20H,6H2,1-5H3,(H,22,24)/t18-,20-/m1/s1. The van der Waals surface area contributed by atoms with E-state index in [0.29, 0.717) is 12.0 Å². The van der Waals surface area contributed by atoms with E-state index >= 15 is 0 Å². The number of amides is 1. The van der Waals surface area contributed by atoms with Gasteiger partial charge in [-0.15, -0.1) is 0 Å². The molecular formula is C21H28N2O4S. The second-order valence-electron chi connectivity index (χ2n) is 6.79. The van der Waals surface area contributed by atoms with Crippen molar-refractivity contribution in [3.63, 3.8) is 0 Å². The number of methoxy groups -OCH3 is 1. The maximum absolute atomic E-state index is 13.1. The number of hydrogen-bond acceptors (Lipinski definition) is 4. The fourth-order valence-corrected chi connectivity index (χ4v) is 3.74. The number of nitrogens with zero attached hydrogens (tertiary/aromatic N) is 1. The summed E-state index contributed by atoms with van der Waals surface area (Å²) >= 11 is 0. The van der Waals surface area contributed by atoms with E-state index in [2.05, 4.69) is 5.32 Å². The van der Waals surface area contributed by atoms with Crippen LogP contribution >= 0.6 is 0 Å². The number of nitrogens with one attached hydrogen (secondary N) is 1. The molecule has 1 amide bonds. The lowest BCUT2D eigenvalue weighted by Crippen LogP contribution is -2.42. The number of aryl methyl sites for hydroxylation is 1. The summed E-state index contributed by atoms with van der Waals surface area (Å²) in [5, 5.41) is 3.01. The van der Waals surface area contributed by atoms with Crippen molar-refractivity contribution >= 4 is 15.9 Å². The van der Waals surface area contributed by atoms with Crippen LogP contribution in [0.3, 0.4) is 0 Å². The highest BCUT2D eigenvalue weighted by Crippen LogP contribution is 2.27. The van der Waals surface area contributed by atoms with Crippen LogP contribution in [0.25, 0.3) is 0 Å². The van der Waals surface area contributed by atoms with Crippen LogP contribution in [0.2, 0.25) is 0 Å². The van der Waals surface area contributed by atoms with Crippen LogP contribution in [-0.2, 0) is 14.8 Å². The Hall–Kier alpha value is -2.38. The third-order valence-corrected chi connectivity index (χ3v) is 6.05. The predicted molar refractivity (Wildman–Crippen MR) is 111 cm³/mol. The Morgan fingerprint density at radius 1 is 1.14 bits per heavy atom. The molecule has 1 N–H and O–H groups in total. The maximum Gasteiger partial charge on any atom is 0.243 e. The van der Waals surface area contributed by atoms with E-state index in [-0.39, 0.29) is 11.9 Å². The maximum atomic E-state index is 13.1. The van der Waals surface area contributed by atoms with Crippen LogP contribution in [0, 0.1) is 6.92 Å². The van der Waals surface area contributed by atoms with Crippen LogP contribution in [0.15, 0.2) is 48.5 Å². The Morgan fingerprint density at radius 2 is 1.79 bits per heavy atom. The smallest absolute Gasteiger partial charge is 0.243 e. The number of hydrogen-bond donors (Lipinski definition) is 1. The molecule has 2 aromatic rings. The average molecular weight is 405 g/mol. The van der Waals surface area contributed by atoms with Crippen LogP contribution in [0.4, 0.5) is 0 Å². The molecule has 0 heterocycles. The molecule has 0 aromatic heterocycles. The molecule has 152 valence electrons. The van der Waals surface area contributed by atoms with Crippen LogP contribution in [0.1, 0.15) is 42.1 Å². The normalized spacial score (nSPS) is 13.8. The summed E-state index contributed by atoms with van der Waals surface area (Å²) in [7, 11) is -0.523. The quantitative estimate of drug-likeness (QED) is 0.733. The Balaban J connectivity index is 2.34. The van der Waals surface area contributed by atoms with E-state index in [1.54, 1.807) is 31.4 Å². The lowest BCUT2D eigenvalue weighted by atomic mass is 10.00. The number of ether oxygens (including phenoxy) is 1. The van der Waals surface area contributed by atoms with Crippen molar-refractivity contribution in [2.45, 2.75) is 32.4 Å². The van der Waals surface area contributed by atoms with E-state index in [1.807, 2.05) is 38.1 Å². The van der Waals surface area contributed by atoms with Gasteiger partial charge in [-0.3, -0.25) is 4.79 Å². The molecule has 0 fully saturated rings. The lowest BCUT2D eigenvalue weighted by Gasteiger charge is -2.28. The van der Waals surface area contributed by atoms with Gasteiger partial charge in [0.1, 0.15) is 11.8 Å². The van der Waals surface area contributed by atoms with Gasteiger partial charge >= 0.3 is 0 Å². The fourth-order valence-electron chi connectivity index (χ4n) is 3.14. The van der Waals surface area contributed by atoms with E-state index in [0.717, 1.165) is 27.4 Å². The van der Waals surface area contributed by atoms with Gasteiger partial charge in [0.25, 0.3) is 0 Å². The fraction of sp³-hybridized carbons (Fsp3) is 0.381. The number of carbonyl (C=O) groups is 1. The van der Waals surface area contributed by atoms with Crippen molar-refractivity contribution in [1.82, 2.24) is 9.62 Å². The first-order valence-corrected chi connectivity index (χ1v) is 11.0. The molecule has 0 radical (unpaired) electrons. The summed E-state index contributed by atoms with van der Waals surface area (Å²) in [6.07, 6.45) is 1.77. The highest BCUT2D eigenvalue weighted by atomic mass is 32.2. The minimum absolute atomic E-state index is 0.240. The summed E-state index contributed by atoms with van der Waals surface area (Å²) in [4.78, 5) is 13.1. The molecule has 0 saturated heterocycles. The van der Waals surface area contributed by atoms with Gasteiger partial charge < -0.3 is 10.1 Å². The molecule has 0 spiro atoms. The minimum atomic E-state index is -3.56. The molecule has 0 aliphatic rings. The molecule has 2 atom stereocenters. The van der Waals surface area contributed by atoms with Gasteiger partial charge in [-0.05, 0) is 36.1 Å². The van der Waals surface area contributed by atoms with Gasteiger partial charge in [-0.25, -0.2) is 8.42 Å². The summed E-state index contributed by atoms with van der Waals surface area (Å²) in [5.41, 5.74) is 2.54. The van der Waals surface area contributed by atoms with Crippen molar-refractivity contribution < 1.29 is 17.9 Å². The zero-order valence-electron chi connectivity index (χ0n) is 17.0. The van der Waals surface area contributed by atoms with Gasteiger partial charge in [0.15, 0.2) is 0 Å². The Labute approximate surface area is 167 Å². The Morgan fingerprint density at radius 3 is 2.29 bits per heavy atom. The molecule has 28 heavy (non-hydrogen) atoms. The topological polar surface area (TPSA) is 75.7 Å². The first kappa shape index (κ1) is 21.9. The van der Waals surface area contributed by atoms with Crippen molar-refractivity contribution in [2.24, 2.45) is 0 Å². The van der Waals surface area contributed by atoms with Gasteiger partial charge in [-0.2, -0.15) is 4.31 Å². The number of sulfonamides is 1. The first-order valence-electron chi connectivity index (χ1n) is 9.11. The van der Waals surface area contributed by atoms with Crippen molar-refractivity contribution in [3.05, 3.63) is 65.2 Å². The summed E-state index contributed by atoms with van der Waals surface area (Å²) in [5.74, 6) is 0.420. The largest absolute Gasteiger partial charge is 0.496 e. The molecule has 0 aliphatic heterocycles. The second kappa shape index (κ2) is 9.21. The number of benzene rings is 2. The third kappa shape index (κ3) is 5.11. The average Bonchev–Trinajstić information content (AvgIpc) is 2.66. The van der Waals surface area contributed by atoms with Crippen LogP contribution < -0.4 is 10.1 Å². The molecule has 2 rings (SSSR count). The third-order valence-electron chi connectivity index (χ3n) is 4.80. The SMILES string of the molecule is CC[C@@H](NC(=O)[C@@H](c1ccccc1)N(C)S(C)(=O)=O)c1ccc(OC)c(C)c1. The van der Waals surface area contributed by atoms with Crippen molar-refractivity contribution in [1.29, 1.82) is 0 Å². The highest BCUT2D eigenvalue weighted by molar-refractivity contribution is 7.88. The summed E-state index contributed by atoms with van der Waals surface area (Å²) < 4.78 is 30.6. The highest BCUT2D eigenvalue weighted by Gasteiger charge is 2.31. The second-order valence-corrected chi connectivity index (χ2v) is 8.83. The van der Waals surface area contributed by atoms with Crippen LogP contribution in [-0.4, -0.2) is 39.0 Å². The van der Waals surface area contributed by atoms with Crippen molar-refractivity contribution in [2.75, 3.05) is 20.4 Å². The van der Waals surface area contributed by atoms with Gasteiger partial charge in [0.2, 0.25) is 15.9 Å². The lowest BCUT2D eigenvalue weighted by molar-refractivity contribution is -0.125. The zero-order chi connectivity index (χ0) is 20.9. The van der Waals surface area contributed by atoms with E-state index < -0.39 is 16.1 Å². The summed E-state index contributed by atoms with van der Waals surface area (Å²) in [6.45, 7) is 3.92. The molecule has 0 unspecified atom stereocenters. The van der Waals surface area contributed by atoms with Gasteiger partial charge in [-0.1, -0.05) is 49.4 Å². The van der Waals surface area contributed by atoms with E-state index in [1.165, 1.54) is 7.05 Å². The summed E-state index contributed by atoms with van der Waals surface area (Å²) in [6, 6.07) is 13.5. The molecule has 0 bridgehead atoms. The van der Waals surface area contributed by atoms with Crippen molar-refractivity contribution in [3.8, 4) is 5.75 Å². The van der Waals surface area contributed by atoms with Gasteiger partial charge in [0, 0.05) is 7.05 Å². The molecule has 7 heteroatoms. The molecule has 0 aliphatic carbocycles. The van der Waals surface area contributed by atoms with E-state index in [9.17, 15) is 13.2 Å². The number of likely N-dealkylation sites (N-methyl/N-ethyl adjacent to an activating group) is 1. The van der Waals surface area contributed by atoms with Gasteiger partial charge in [0.05, 0.1) is 19.4 Å². The predicted octanol–water partition coefficient (Wildman–Crippen LogP) is 3.20. The Kier molecular flexibility index (Phi) is 7.21. The zero-order valence-corrected chi connectivity index (χ0v) is 17.8. The molecule has 2 aromatic carbocycles. The van der Waals surface area contributed by atoms with E-state index in [4.69, 9.17) is 4.74 Å². The molecule has 6 nitrogen and oxygen atoms in total. The monoisotopic (exact) mass is 404 g/mol. The number of carbonyl (C=O) groups excluding carboxylic acids is 1. The Bertz CT molecular complexity index is 913.